The van der Waals surface area contributed by atoms with Crippen molar-refractivity contribution in [1.82, 2.24) is 14.8 Å². The Morgan fingerprint density at radius 3 is 2.72 bits per heavy atom. The van der Waals surface area contributed by atoms with Gasteiger partial charge in [0.2, 0.25) is 5.91 Å². The molecule has 1 heterocycles. The molecule has 25 heavy (non-hydrogen) atoms. The molecule has 1 aromatic carbocycles. The molecule has 8 nitrogen and oxygen atoms in total. The number of thioether (sulfide) groups is 1. The molecule has 1 amide bonds. The minimum absolute atomic E-state index is 0.0985. The van der Waals surface area contributed by atoms with Crippen LogP contribution >= 0.6 is 11.8 Å². The van der Waals surface area contributed by atoms with Crippen LogP contribution in [0.25, 0.3) is 0 Å². The Hall–Kier alpha value is -2.42. The summed E-state index contributed by atoms with van der Waals surface area (Å²) in [6.45, 7) is 8.54. The highest BCUT2D eigenvalue weighted by Crippen LogP contribution is 2.26. The van der Waals surface area contributed by atoms with Gasteiger partial charge in [-0.3, -0.25) is 14.9 Å². The third kappa shape index (κ3) is 4.56. The van der Waals surface area contributed by atoms with Gasteiger partial charge in [-0.1, -0.05) is 31.7 Å². The summed E-state index contributed by atoms with van der Waals surface area (Å²) in [7, 11) is 0. The first-order valence-corrected chi connectivity index (χ1v) is 8.92. The smallest absolute Gasteiger partial charge is 0.293 e. The van der Waals surface area contributed by atoms with Crippen LogP contribution in [0.4, 0.5) is 11.4 Å². The maximum absolute atomic E-state index is 12.2. The molecule has 0 radical (unpaired) electrons. The minimum Gasteiger partial charge on any atom is -0.320 e. The van der Waals surface area contributed by atoms with Crippen LogP contribution in [-0.2, 0) is 11.3 Å². The summed E-state index contributed by atoms with van der Waals surface area (Å²) >= 11 is 1.26. The molecule has 134 valence electrons. The number of aromatic nitrogens is 3. The van der Waals surface area contributed by atoms with Gasteiger partial charge < -0.3 is 9.88 Å². The van der Waals surface area contributed by atoms with Gasteiger partial charge in [-0.25, -0.2) is 0 Å². The molecule has 0 saturated carbocycles. The number of nitro groups is 1. The molecule has 0 bridgehead atoms. The zero-order valence-electron chi connectivity index (χ0n) is 14.6. The van der Waals surface area contributed by atoms with E-state index >= 15 is 0 Å². The number of carbonyl (C=O) groups excluding carboxylic acids is 1. The van der Waals surface area contributed by atoms with Crippen molar-refractivity contribution in [2.75, 3.05) is 11.1 Å². The van der Waals surface area contributed by atoms with Crippen LogP contribution in [0.5, 0.6) is 0 Å². The molecule has 0 unspecified atom stereocenters. The summed E-state index contributed by atoms with van der Waals surface area (Å²) in [5, 5.41) is 22.7. The van der Waals surface area contributed by atoms with Gasteiger partial charge in [-0.05, 0) is 25.5 Å². The summed E-state index contributed by atoms with van der Waals surface area (Å²) < 4.78 is 1.97. The number of rotatable bonds is 7. The number of hydrogen-bond donors (Lipinski definition) is 1. The highest BCUT2D eigenvalue weighted by Gasteiger charge is 2.18. The largest absolute Gasteiger partial charge is 0.320 e. The van der Waals surface area contributed by atoms with Crippen LogP contribution < -0.4 is 5.32 Å². The van der Waals surface area contributed by atoms with Gasteiger partial charge in [-0.2, -0.15) is 0 Å². The van der Waals surface area contributed by atoms with E-state index < -0.39 is 4.92 Å². The maximum atomic E-state index is 12.2. The van der Waals surface area contributed by atoms with Crippen molar-refractivity contribution < 1.29 is 9.72 Å². The van der Waals surface area contributed by atoms with Gasteiger partial charge in [0.15, 0.2) is 5.16 Å². The van der Waals surface area contributed by atoms with Crippen molar-refractivity contribution in [3.8, 4) is 0 Å². The molecule has 0 atom stereocenters. The SMILES string of the molecule is CCn1c(SCC(=O)Nc2ccc(C)cc2[N+](=O)[O-])nnc1C(C)C. The predicted octanol–water partition coefficient (Wildman–Crippen LogP) is 3.37. The molecule has 0 aliphatic carbocycles. The van der Waals surface area contributed by atoms with Crippen LogP contribution in [0.2, 0.25) is 0 Å². The number of aryl methyl sites for hydroxylation is 1. The average molecular weight is 363 g/mol. The van der Waals surface area contributed by atoms with E-state index in [9.17, 15) is 14.9 Å². The molecule has 9 heteroatoms. The molecule has 2 aromatic rings. The zero-order chi connectivity index (χ0) is 18.6. The standard InChI is InChI=1S/C16H21N5O3S/c1-5-20-15(10(2)3)18-19-16(20)25-9-14(22)17-12-7-6-11(4)8-13(12)21(23)24/h6-8,10H,5,9H2,1-4H3,(H,17,22). The number of anilines is 1. The van der Waals surface area contributed by atoms with E-state index in [0.29, 0.717) is 11.7 Å². The fourth-order valence-electron chi connectivity index (χ4n) is 2.35. The van der Waals surface area contributed by atoms with E-state index in [-0.39, 0.29) is 29.0 Å². The quantitative estimate of drug-likeness (QED) is 0.459. The van der Waals surface area contributed by atoms with Crippen LogP contribution in [0, 0.1) is 17.0 Å². The third-order valence-electron chi connectivity index (χ3n) is 3.53. The first kappa shape index (κ1) is 18.9. The first-order chi connectivity index (χ1) is 11.8. The van der Waals surface area contributed by atoms with E-state index in [1.54, 1.807) is 19.1 Å². The van der Waals surface area contributed by atoms with Gasteiger partial charge in [0.05, 0.1) is 10.7 Å². The molecule has 0 saturated heterocycles. The number of hydrogen-bond acceptors (Lipinski definition) is 6. The summed E-state index contributed by atoms with van der Waals surface area (Å²) in [4.78, 5) is 22.8. The molecule has 1 aromatic heterocycles. The average Bonchev–Trinajstić information content (AvgIpc) is 2.97. The Morgan fingerprint density at radius 1 is 1.40 bits per heavy atom. The van der Waals surface area contributed by atoms with Crippen LogP contribution in [0.3, 0.4) is 0 Å². The molecule has 1 N–H and O–H groups in total. The van der Waals surface area contributed by atoms with Gasteiger partial charge >= 0.3 is 0 Å². The second kappa shape index (κ2) is 8.11. The first-order valence-electron chi connectivity index (χ1n) is 7.94. The summed E-state index contributed by atoms with van der Waals surface area (Å²) in [5.41, 5.74) is 0.842. The van der Waals surface area contributed by atoms with E-state index in [1.165, 1.54) is 17.8 Å². The number of carbonyl (C=O) groups is 1. The Kier molecular flexibility index (Phi) is 6.13. The van der Waals surface area contributed by atoms with Crippen LogP contribution in [-0.4, -0.2) is 31.3 Å². The molecule has 0 fully saturated rings. The molecular formula is C16H21N5O3S. The van der Waals surface area contributed by atoms with E-state index in [1.807, 2.05) is 25.3 Å². The Balaban J connectivity index is 2.06. The second-order valence-electron chi connectivity index (χ2n) is 5.85. The molecule has 0 aliphatic rings. The summed E-state index contributed by atoms with van der Waals surface area (Å²) in [6.07, 6.45) is 0. The van der Waals surface area contributed by atoms with Gasteiger partial charge in [0.1, 0.15) is 11.5 Å². The Bertz CT molecular complexity index is 788. The van der Waals surface area contributed by atoms with Gasteiger partial charge in [0.25, 0.3) is 5.69 Å². The Morgan fingerprint density at radius 2 is 2.12 bits per heavy atom. The third-order valence-corrected chi connectivity index (χ3v) is 4.50. The van der Waals surface area contributed by atoms with Crippen molar-refractivity contribution in [3.05, 3.63) is 39.7 Å². The summed E-state index contributed by atoms with van der Waals surface area (Å²) in [6, 6.07) is 4.70. The number of amides is 1. The zero-order valence-corrected chi connectivity index (χ0v) is 15.5. The monoisotopic (exact) mass is 363 g/mol. The molecule has 2 rings (SSSR count). The van der Waals surface area contributed by atoms with Crippen LogP contribution in [0.1, 0.15) is 38.1 Å². The summed E-state index contributed by atoms with van der Waals surface area (Å²) in [5.74, 6) is 0.889. The lowest BCUT2D eigenvalue weighted by Gasteiger charge is -2.09. The number of nitrogens with one attached hydrogen (secondary N) is 1. The highest BCUT2D eigenvalue weighted by molar-refractivity contribution is 7.99. The lowest BCUT2D eigenvalue weighted by molar-refractivity contribution is -0.384. The Labute approximate surface area is 150 Å². The fraction of sp³-hybridized carbons (Fsp3) is 0.438. The molecular weight excluding hydrogens is 342 g/mol. The lowest BCUT2D eigenvalue weighted by atomic mass is 10.2. The van der Waals surface area contributed by atoms with Crippen molar-refractivity contribution in [3.63, 3.8) is 0 Å². The van der Waals surface area contributed by atoms with Crippen LogP contribution in [0.15, 0.2) is 23.4 Å². The van der Waals surface area contributed by atoms with Crippen molar-refractivity contribution in [2.24, 2.45) is 0 Å². The van der Waals surface area contributed by atoms with Gasteiger partial charge in [0, 0.05) is 18.5 Å². The van der Waals surface area contributed by atoms with Crippen molar-refractivity contribution in [1.29, 1.82) is 0 Å². The molecule has 0 aliphatic heterocycles. The lowest BCUT2D eigenvalue weighted by Crippen LogP contribution is -2.16. The number of nitro benzene ring substituents is 1. The topological polar surface area (TPSA) is 103 Å². The highest BCUT2D eigenvalue weighted by atomic mass is 32.2. The van der Waals surface area contributed by atoms with Gasteiger partial charge in [-0.15, -0.1) is 10.2 Å². The fourth-order valence-corrected chi connectivity index (χ4v) is 3.16. The van der Waals surface area contributed by atoms with E-state index in [4.69, 9.17) is 0 Å². The molecule has 0 spiro atoms. The number of benzene rings is 1. The van der Waals surface area contributed by atoms with Crippen molar-refractivity contribution in [2.45, 2.75) is 45.3 Å². The number of nitrogens with zero attached hydrogens (tertiary/aromatic N) is 4. The normalized spacial score (nSPS) is 10.9. The van der Waals surface area contributed by atoms with Crippen molar-refractivity contribution >= 4 is 29.0 Å². The minimum atomic E-state index is -0.502. The van der Waals surface area contributed by atoms with E-state index in [0.717, 1.165) is 11.4 Å². The predicted molar refractivity (Wildman–Crippen MR) is 97.0 cm³/mol. The van der Waals surface area contributed by atoms with E-state index in [2.05, 4.69) is 15.5 Å². The second-order valence-corrected chi connectivity index (χ2v) is 6.80. The maximum Gasteiger partial charge on any atom is 0.293 e.